The zero-order valence-corrected chi connectivity index (χ0v) is 12.8. The average molecular weight is 329 g/mol. The molecule has 0 unspecified atom stereocenters. The van der Waals surface area contributed by atoms with Gasteiger partial charge in [-0.25, -0.2) is 12.8 Å². The predicted octanol–water partition coefficient (Wildman–Crippen LogP) is 3.05. The van der Waals surface area contributed by atoms with Crippen LogP contribution in [0.5, 0.6) is 0 Å². The fourth-order valence-electron chi connectivity index (χ4n) is 1.83. The molecule has 3 N–H and O–H groups in total. The zero-order valence-electron chi connectivity index (χ0n) is 11.2. The first-order valence-corrected chi connectivity index (χ1v) is 7.97. The molecule has 2 aromatic carbocycles. The summed E-state index contributed by atoms with van der Waals surface area (Å²) in [6.45, 7) is 1.79. The highest BCUT2D eigenvalue weighted by molar-refractivity contribution is 7.92. The Bertz CT molecular complexity index is 758. The Morgan fingerprint density at radius 2 is 2.00 bits per heavy atom. The van der Waals surface area contributed by atoms with Gasteiger partial charge in [-0.2, -0.15) is 0 Å². The predicted molar refractivity (Wildman–Crippen MR) is 81.3 cm³/mol. The Morgan fingerprint density at radius 3 is 2.62 bits per heavy atom. The molecule has 7 heteroatoms. The number of aryl methyl sites for hydroxylation is 1. The first kappa shape index (κ1) is 15.8. The molecule has 0 aliphatic rings. The number of hydrogen-bond donors (Lipinski definition) is 2. The molecule has 0 atom stereocenters. The SMILES string of the molecule is Cc1cccc(F)c1NS(=O)(=O)c1cc(CN)ccc1Cl. The fraction of sp³-hybridized carbons (Fsp3) is 0.143. The van der Waals surface area contributed by atoms with Crippen LogP contribution in [0.25, 0.3) is 0 Å². The number of para-hydroxylation sites is 1. The van der Waals surface area contributed by atoms with Crippen LogP contribution in [-0.2, 0) is 16.6 Å². The Morgan fingerprint density at radius 1 is 1.29 bits per heavy atom. The highest BCUT2D eigenvalue weighted by Gasteiger charge is 2.21. The summed E-state index contributed by atoms with van der Waals surface area (Å²) in [5, 5.41) is 0.0497. The van der Waals surface area contributed by atoms with E-state index in [-0.39, 0.29) is 22.2 Å². The van der Waals surface area contributed by atoms with Gasteiger partial charge in [0.2, 0.25) is 0 Å². The Hall–Kier alpha value is -1.63. The van der Waals surface area contributed by atoms with Crippen LogP contribution in [0.3, 0.4) is 0 Å². The number of benzene rings is 2. The molecule has 0 amide bonds. The average Bonchev–Trinajstić information content (AvgIpc) is 2.43. The number of anilines is 1. The van der Waals surface area contributed by atoms with E-state index in [1.54, 1.807) is 19.1 Å². The number of nitrogens with one attached hydrogen (secondary N) is 1. The van der Waals surface area contributed by atoms with Crippen molar-refractivity contribution in [2.45, 2.75) is 18.4 Å². The van der Waals surface area contributed by atoms with E-state index in [1.165, 1.54) is 24.3 Å². The Kier molecular flexibility index (Phi) is 4.51. The first-order chi connectivity index (χ1) is 9.85. The van der Waals surface area contributed by atoms with Gasteiger partial charge in [0, 0.05) is 6.54 Å². The molecule has 0 heterocycles. The van der Waals surface area contributed by atoms with Gasteiger partial charge in [-0.3, -0.25) is 4.72 Å². The summed E-state index contributed by atoms with van der Waals surface area (Å²) in [4.78, 5) is -0.130. The van der Waals surface area contributed by atoms with Crippen LogP contribution in [0.2, 0.25) is 5.02 Å². The van der Waals surface area contributed by atoms with E-state index in [4.69, 9.17) is 17.3 Å². The van der Waals surface area contributed by atoms with Crippen molar-refractivity contribution in [3.63, 3.8) is 0 Å². The van der Waals surface area contributed by atoms with Crippen molar-refractivity contribution in [2.75, 3.05) is 4.72 Å². The summed E-state index contributed by atoms with van der Waals surface area (Å²) in [6, 6.07) is 8.76. The van der Waals surface area contributed by atoms with Crippen molar-refractivity contribution >= 4 is 27.3 Å². The van der Waals surface area contributed by atoms with E-state index in [2.05, 4.69) is 4.72 Å². The smallest absolute Gasteiger partial charge is 0.263 e. The molecule has 112 valence electrons. The standard InChI is InChI=1S/C14H14ClFN2O2S/c1-9-3-2-4-12(16)14(9)18-21(19,20)13-7-10(8-17)5-6-11(13)15/h2-7,18H,8,17H2,1H3. The van der Waals surface area contributed by atoms with Crippen molar-refractivity contribution < 1.29 is 12.8 Å². The van der Waals surface area contributed by atoms with Gasteiger partial charge in [-0.15, -0.1) is 0 Å². The Labute approximate surface area is 127 Å². The number of rotatable bonds is 4. The molecule has 0 saturated carbocycles. The summed E-state index contributed by atoms with van der Waals surface area (Å²) in [5.74, 6) is -0.648. The topological polar surface area (TPSA) is 72.2 Å². The van der Waals surface area contributed by atoms with Gasteiger partial charge >= 0.3 is 0 Å². The second kappa shape index (κ2) is 6.01. The normalized spacial score (nSPS) is 11.4. The van der Waals surface area contributed by atoms with E-state index in [1.807, 2.05) is 0 Å². The van der Waals surface area contributed by atoms with Crippen LogP contribution < -0.4 is 10.5 Å². The fourth-order valence-corrected chi connectivity index (χ4v) is 3.52. The van der Waals surface area contributed by atoms with Crippen molar-refractivity contribution in [1.82, 2.24) is 0 Å². The van der Waals surface area contributed by atoms with E-state index in [0.29, 0.717) is 11.1 Å². The molecular formula is C14H14ClFN2O2S. The maximum absolute atomic E-state index is 13.8. The van der Waals surface area contributed by atoms with Crippen LogP contribution in [0.4, 0.5) is 10.1 Å². The molecule has 0 saturated heterocycles. The molecule has 0 bridgehead atoms. The Balaban J connectivity index is 2.48. The van der Waals surface area contributed by atoms with E-state index in [9.17, 15) is 12.8 Å². The quantitative estimate of drug-likeness (QED) is 0.906. The number of nitrogens with two attached hydrogens (primary N) is 1. The molecule has 0 radical (unpaired) electrons. The lowest BCUT2D eigenvalue weighted by Gasteiger charge is -2.13. The maximum atomic E-state index is 13.8. The van der Waals surface area contributed by atoms with Gasteiger partial charge in [0.05, 0.1) is 10.7 Å². The lowest BCUT2D eigenvalue weighted by atomic mass is 10.2. The molecule has 0 spiro atoms. The second-order valence-corrected chi connectivity index (χ2v) is 6.56. The van der Waals surface area contributed by atoms with Gasteiger partial charge in [0.25, 0.3) is 10.0 Å². The van der Waals surface area contributed by atoms with Crippen molar-refractivity contribution in [3.05, 3.63) is 58.4 Å². The summed E-state index contributed by atoms with van der Waals surface area (Å²) >= 11 is 5.93. The van der Waals surface area contributed by atoms with E-state index < -0.39 is 15.8 Å². The summed E-state index contributed by atoms with van der Waals surface area (Å²) < 4.78 is 40.8. The zero-order chi connectivity index (χ0) is 15.6. The third kappa shape index (κ3) is 3.34. The number of hydrogen-bond acceptors (Lipinski definition) is 3. The van der Waals surface area contributed by atoms with Gasteiger partial charge in [-0.1, -0.05) is 29.8 Å². The molecule has 0 aliphatic heterocycles. The molecule has 0 fully saturated rings. The van der Waals surface area contributed by atoms with Crippen LogP contribution >= 0.6 is 11.6 Å². The number of halogens is 2. The minimum absolute atomic E-state index is 0.0497. The second-order valence-electron chi connectivity index (χ2n) is 4.51. The minimum Gasteiger partial charge on any atom is -0.326 e. The molecule has 0 aromatic heterocycles. The van der Waals surface area contributed by atoms with E-state index in [0.717, 1.165) is 0 Å². The molecule has 21 heavy (non-hydrogen) atoms. The summed E-state index contributed by atoms with van der Waals surface area (Å²) in [6.07, 6.45) is 0. The van der Waals surface area contributed by atoms with E-state index >= 15 is 0 Å². The molecule has 2 aromatic rings. The van der Waals surface area contributed by atoms with Gasteiger partial charge in [0.1, 0.15) is 10.7 Å². The van der Waals surface area contributed by atoms with Crippen molar-refractivity contribution in [2.24, 2.45) is 5.73 Å². The highest BCUT2D eigenvalue weighted by Crippen LogP contribution is 2.27. The van der Waals surface area contributed by atoms with Crippen LogP contribution in [0.1, 0.15) is 11.1 Å². The monoisotopic (exact) mass is 328 g/mol. The first-order valence-electron chi connectivity index (χ1n) is 6.11. The highest BCUT2D eigenvalue weighted by atomic mass is 35.5. The molecule has 2 rings (SSSR count). The van der Waals surface area contributed by atoms with Gasteiger partial charge < -0.3 is 5.73 Å². The third-order valence-electron chi connectivity index (χ3n) is 2.98. The van der Waals surface area contributed by atoms with Gasteiger partial charge in [-0.05, 0) is 36.2 Å². The third-order valence-corrected chi connectivity index (χ3v) is 4.81. The van der Waals surface area contributed by atoms with Crippen LogP contribution in [0, 0.1) is 12.7 Å². The molecular weight excluding hydrogens is 315 g/mol. The molecule has 0 aliphatic carbocycles. The lowest BCUT2D eigenvalue weighted by molar-refractivity contribution is 0.598. The molecule has 4 nitrogen and oxygen atoms in total. The van der Waals surface area contributed by atoms with Crippen molar-refractivity contribution in [3.8, 4) is 0 Å². The largest absolute Gasteiger partial charge is 0.326 e. The summed E-state index contributed by atoms with van der Waals surface area (Å²) in [7, 11) is -4.00. The van der Waals surface area contributed by atoms with Crippen molar-refractivity contribution in [1.29, 1.82) is 0 Å². The van der Waals surface area contributed by atoms with Gasteiger partial charge in [0.15, 0.2) is 0 Å². The van der Waals surface area contributed by atoms with Crippen LogP contribution in [0.15, 0.2) is 41.3 Å². The lowest BCUT2D eigenvalue weighted by Crippen LogP contribution is -2.16. The van der Waals surface area contributed by atoms with Crippen LogP contribution in [-0.4, -0.2) is 8.42 Å². The number of sulfonamides is 1. The maximum Gasteiger partial charge on any atom is 0.263 e. The summed E-state index contributed by atoms with van der Waals surface area (Å²) in [5.41, 5.74) is 6.50. The minimum atomic E-state index is -4.00.